The summed E-state index contributed by atoms with van der Waals surface area (Å²) in [5.74, 6) is -0.273. The van der Waals surface area contributed by atoms with E-state index in [1.54, 1.807) is 7.05 Å². The first-order valence-corrected chi connectivity index (χ1v) is 4.39. The number of carbonyl (C=O) groups is 1. The Kier molecular flexibility index (Phi) is 6.70. The maximum absolute atomic E-state index is 10.7. The van der Waals surface area contributed by atoms with Gasteiger partial charge in [-0.1, -0.05) is 12.8 Å². The molecule has 0 spiro atoms. The Labute approximate surface area is 73.7 Å². The fraction of sp³-hybridized carbons (Fsp3) is 0.875. The second-order valence-corrected chi connectivity index (χ2v) is 2.88. The van der Waals surface area contributed by atoms with Crippen LogP contribution >= 0.6 is 0 Å². The van der Waals surface area contributed by atoms with E-state index in [1.807, 2.05) is 0 Å². The van der Waals surface area contributed by atoms with Gasteiger partial charge >= 0.3 is 0 Å². The quantitative estimate of drug-likeness (QED) is 0.457. The highest BCUT2D eigenvalue weighted by Gasteiger charge is 2.10. The molecule has 0 aliphatic rings. The van der Waals surface area contributed by atoms with E-state index in [0.29, 0.717) is 0 Å². The standard InChI is InChI=1S/C8H19N3O/c1-11-7(8(10)12)5-3-2-4-6-9/h7,11H,2-6,9H2,1H3,(H2,10,12). The molecule has 0 aromatic rings. The van der Waals surface area contributed by atoms with Crippen molar-refractivity contribution in [3.63, 3.8) is 0 Å². The Bertz CT molecular complexity index is 127. The predicted octanol–water partition coefficient (Wildman–Crippen LogP) is -0.421. The predicted molar refractivity (Wildman–Crippen MR) is 49.6 cm³/mol. The van der Waals surface area contributed by atoms with Crippen molar-refractivity contribution in [2.24, 2.45) is 11.5 Å². The lowest BCUT2D eigenvalue weighted by molar-refractivity contribution is -0.120. The molecule has 0 aromatic carbocycles. The van der Waals surface area contributed by atoms with E-state index in [9.17, 15) is 4.79 Å². The van der Waals surface area contributed by atoms with E-state index in [2.05, 4.69) is 5.32 Å². The third-order valence-electron chi connectivity index (χ3n) is 1.89. The van der Waals surface area contributed by atoms with Crippen LogP contribution in [0.5, 0.6) is 0 Å². The van der Waals surface area contributed by atoms with Crippen LogP contribution in [0, 0.1) is 0 Å². The van der Waals surface area contributed by atoms with Crippen molar-refractivity contribution < 1.29 is 4.79 Å². The molecule has 0 aromatic heterocycles. The zero-order valence-electron chi connectivity index (χ0n) is 7.68. The average molecular weight is 173 g/mol. The van der Waals surface area contributed by atoms with Crippen LogP contribution in [0.25, 0.3) is 0 Å². The Morgan fingerprint density at radius 1 is 1.42 bits per heavy atom. The highest BCUT2D eigenvalue weighted by molar-refractivity contribution is 5.79. The van der Waals surface area contributed by atoms with Crippen molar-refractivity contribution >= 4 is 5.91 Å². The molecule has 0 saturated heterocycles. The maximum Gasteiger partial charge on any atom is 0.234 e. The number of amides is 1. The molecular weight excluding hydrogens is 154 g/mol. The number of unbranched alkanes of at least 4 members (excludes halogenated alkanes) is 2. The SMILES string of the molecule is CNC(CCCCCN)C(N)=O. The van der Waals surface area contributed by atoms with Crippen LogP contribution in [-0.4, -0.2) is 25.5 Å². The second kappa shape index (κ2) is 7.06. The van der Waals surface area contributed by atoms with Gasteiger partial charge in [-0.15, -0.1) is 0 Å². The number of nitrogens with two attached hydrogens (primary N) is 2. The first kappa shape index (κ1) is 11.4. The molecule has 0 heterocycles. The van der Waals surface area contributed by atoms with Crippen molar-refractivity contribution in [1.82, 2.24) is 5.32 Å². The molecule has 0 saturated carbocycles. The smallest absolute Gasteiger partial charge is 0.234 e. The Morgan fingerprint density at radius 3 is 2.50 bits per heavy atom. The minimum Gasteiger partial charge on any atom is -0.368 e. The summed E-state index contributed by atoms with van der Waals surface area (Å²) in [6, 6.07) is -0.178. The van der Waals surface area contributed by atoms with E-state index >= 15 is 0 Å². The van der Waals surface area contributed by atoms with E-state index < -0.39 is 0 Å². The molecule has 0 aliphatic carbocycles. The Morgan fingerprint density at radius 2 is 2.08 bits per heavy atom. The summed E-state index contributed by atoms with van der Waals surface area (Å²) in [6.45, 7) is 0.723. The summed E-state index contributed by atoms with van der Waals surface area (Å²) in [4.78, 5) is 10.7. The first-order chi connectivity index (χ1) is 5.72. The molecule has 12 heavy (non-hydrogen) atoms. The molecule has 0 bridgehead atoms. The molecule has 72 valence electrons. The molecule has 5 N–H and O–H groups in total. The lowest BCUT2D eigenvalue weighted by Crippen LogP contribution is -2.38. The number of carbonyl (C=O) groups excluding carboxylic acids is 1. The van der Waals surface area contributed by atoms with Crippen molar-refractivity contribution in [3.05, 3.63) is 0 Å². The summed E-state index contributed by atoms with van der Waals surface area (Å²) in [6.07, 6.45) is 3.91. The largest absolute Gasteiger partial charge is 0.368 e. The maximum atomic E-state index is 10.7. The fourth-order valence-electron chi connectivity index (χ4n) is 1.10. The molecule has 0 aliphatic heterocycles. The van der Waals surface area contributed by atoms with Crippen LogP contribution in [0.2, 0.25) is 0 Å². The molecule has 1 unspecified atom stereocenters. The van der Waals surface area contributed by atoms with Crippen LogP contribution in [0.4, 0.5) is 0 Å². The zero-order chi connectivity index (χ0) is 9.40. The van der Waals surface area contributed by atoms with Gasteiger partial charge in [0.1, 0.15) is 0 Å². The summed E-state index contributed by atoms with van der Waals surface area (Å²) < 4.78 is 0. The van der Waals surface area contributed by atoms with Crippen LogP contribution in [0.15, 0.2) is 0 Å². The van der Waals surface area contributed by atoms with Gasteiger partial charge in [0.25, 0.3) is 0 Å². The topological polar surface area (TPSA) is 81.1 Å². The lowest BCUT2D eigenvalue weighted by atomic mass is 10.1. The third kappa shape index (κ3) is 5.09. The summed E-state index contributed by atoms with van der Waals surface area (Å²) >= 11 is 0. The number of primary amides is 1. The van der Waals surface area contributed by atoms with Gasteiger partial charge in [0.05, 0.1) is 6.04 Å². The van der Waals surface area contributed by atoms with Crippen molar-refractivity contribution in [1.29, 1.82) is 0 Å². The summed E-state index contributed by atoms with van der Waals surface area (Å²) in [7, 11) is 1.75. The van der Waals surface area contributed by atoms with E-state index in [4.69, 9.17) is 11.5 Å². The van der Waals surface area contributed by atoms with Gasteiger partial charge < -0.3 is 16.8 Å². The molecule has 4 nitrogen and oxygen atoms in total. The number of rotatable bonds is 7. The monoisotopic (exact) mass is 173 g/mol. The third-order valence-corrected chi connectivity index (χ3v) is 1.89. The molecule has 0 radical (unpaired) electrons. The van der Waals surface area contributed by atoms with Gasteiger partial charge in [-0.25, -0.2) is 0 Å². The van der Waals surface area contributed by atoms with Crippen molar-refractivity contribution in [2.75, 3.05) is 13.6 Å². The Balaban J connectivity index is 3.38. The molecule has 0 fully saturated rings. The van der Waals surface area contributed by atoms with Crippen LogP contribution < -0.4 is 16.8 Å². The van der Waals surface area contributed by atoms with Crippen LogP contribution in [0.3, 0.4) is 0 Å². The minimum atomic E-state index is -0.273. The molecular formula is C8H19N3O. The number of likely N-dealkylation sites (N-methyl/N-ethyl adjacent to an activating group) is 1. The minimum absolute atomic E-state index is 0.178. The highest BCUT2D eigenvalue weighted by atomic mass is 16.1. The van der Waals surface area contributed by atoms with Gasteiger partial charge in [0, 0.05) is 0 Å². The van der Waals surface area contributed by atoms with E-state index in [1.165, 1.54) is 0 Å². The molecule has 0 rings (SSSR count). The van der Waals surface area contributed by atoms with Gasteiger partial charge in [-0.2, -0.15) is 0 Å². The lowest BCUT2D eigenvalue weighted by Gasteiger charge is -2.10. The van der Waals surface area contributed by atoms with Crippen molar-refractivity contribution in [2.45, 2.75) is 31.7 Å². The molecule has 4 heteroatoms. The fourth-order valence-corrected chi connectivity index (χ4v) is 1.10. The molecule has 1 amide bonds. The van der Waals surface area contributed by atoms with Crippen LogP contribution in [-0.2, 0) is 4.79 Å². The van der Waals surface area contributed by atoms with E-state index in [-0.39, 0.29) is 11.9 Å². The van der Waals surface area contributed by atoms with Crippen molar-refractivity contribution in [3.8, 4) is 0 Å². The second-order valence-electron chi connectivity index (χ2n) is 2.88. The summed E-state index contributed by atoms with van der Waals surface area (Å²) in [5, 5.41) is 2.87. The summed E-state index contributed by atoms with van der Waals surface area (Å²) in [5.41, 5.74) is 10.5. The first-order valence-electron chi connectivity index (χ1n) is 4.39. The highest BCUT2D eigenvalue weighted by Crippen LogP contribution is 2.02. The van der Waals surface area contributed by atoms with Gasteiger partial charge in [0.2, 0.25) is 5.91 Å². The zero-order valence-corrected chi connectivity index (χ0v) is 7.68. The Hall–Kier alpha value is -0.610. The normalized spacial score (nSPS) is 12.8. The van der Waals surface area contributed by atoms with Gasteiger partial charge in [-0.05, 0) is 26.4 Å². The van der Waals surface area contributed by atoms with E-state index in [0.717, 1.165) is 32.2 Å². The van der Waals surface area contributed by atoms with Gasteiger partial charge in [0.15, 0.2) is 0 Å². The number of nitrogens with one attached hydrogen (secondary N) is 1. The molecule has 1 atom stereocenters. The van der Waals surface area contributed by atoms with Gasteiger partial charge in [-0.3, -0.25) is 4.79 Å². The average Bonchev–Trinajstić information content (AvgIpc) is 2.04. The van der Waals surface area contributed by atoms with Crippen LogP contribution in [0.1, 0.15) is 25.7 Å². The number of hydrogen-bond acceptors (Lipinski definition) is 3. The number of hydrogen-bond donors (Lipinski definition) is 3.